The van der Waals surface area contributed by atoms with E-state index >= 15 is 0 Å². The molecular formula is C16H18N2O5. The number of methoxy groups -OCH3 is 1. The summed E-state index contributed by atoms with van der Waals surface area (Å²) in [5.74, 6) is 0.0815. The third-order valence-corrected chi connectivity index (χ3v) is 3.61. The molecule has 1 aliphatic carbocycles. The van der Waals surface area contributed by atoms with E-state index < -0.39 is 4.92 Å². The van der Waals surface area contributed by atoms with Gasteiger partial charge >= 0.3 is 0 Å². The highest BCUT2D eigenvalue weighted by molar-refractivity contribution is 6.15. The molecular weight excluding hydrogens is 300 g/mol. The van der Waals surface area contributed by atoms with Crippen molar-refractivity contribution in [1.82, 2.24) is 0 Å². The van der Waals surface area contributed by atoms with Crippen molar-refractivity contribution < 1.29 is 19.6 Å². The van der Waals surface area contributed by atoms with Gasteiger partial charge in [-0.2, -0.15) is 0 Å². The number of Topliss-reactive ketones (excluding diaryl/α,β-unsaturated/α-hetero) is 1. The number of ketones is 1. The third kappa shape index (κ3) is 3.74. The molecule has 0 aliphatic heterocycles. The number of hydrogen-bond donors (Lipinski definition) is 1. The lowest BCUT2D eigenvalue weighted by molar-refractivity contribution is -0.384. The quantitative estimate of drug-likeness (QED) is 0.520. The van der Waals surface area contributed by atoms with Gasteiger partial charge in [0.15, 0.2) is 5.78 Å². The molecule has 0 unspecified atom stereocenters. The van der Waals surface area contributed by atoms with E-state index in [9.17, 15) is 20.0 Å². The van der Waals surface area contributed by atoms with E-state index in [1.165, 1.54) is 25.5 Å². The molecule has 23 heavy (non-hydrogen) atoms. The first-order chi connectivity index (χ1) is 10.7. The van der Waals surface area contributed by atoms with Crippen LogP contribution in [0.2, 0.25) is 0 Å². The van der Waals surface area contributed by atoms with Gasteiger partial charge in [0.1, 0.15) is 17.2 Å². The first-order valence-electron chi connectivity index (χ1n) is 7.05. The second-order valence-electron chi connectivity index (χ2n) is 6.17. The van der Waals surface area contributed by atoms with Crippen LogP contribution in [0.1, 0.15) is 26.7 Å². The fraction of sp³-hybridized carbons (Fsp3) is 0.375. The standard InChI is InChI=1S/C16H18N2O5/c1-16(2)7-14(19)11(15(20)8-16)9-17-12-5-4-10(23-3)6-13(12)18(21)22/h4-6,9,19H,7-8H2,1-3H3. The lowest BCUT2D eigenvalue weighted by Gasteiger charge is -2.28. The zero-order chi connectivity index (χ0) is 17.2. The molecule has 0 saturated heterocycles. The van der Waals surface area contributed by atoms with E-state index in [1.54, 1.807) is 6.07 Å². The number of ether oxygens (including phenoxy) is 1. The monoisotopic (exact) mass is 318 g/mol. The van der Waals surface area contributed by atoms with Crippen molar-refractivity contribution in [2.75, 3.05) is 7.11 Å². The number of hydrogen-bond acceptors (Lipinski definition) is 6. The SMILES string of the molecule is COc1ccc(N=CC2=C(O)CC(C)(C)CC2=O)c([N+](=O)[O-])c1. The van der Waals surface area contributed by atoms with E-state index in [2.05, 4.69) is 4.99 Å². The maximum atomic E-state index is 12.1. The molecule has 0 heterocycles. The van der Waals surface area contributed by atoms with Crippen molar-refractivity contribution in [3.8, 4) is 5.75 Å². The average Bonchev–Trinajstić information content (AvgIpc) is 2.45. The molecule has 0 radical (unpaired) electrons. The smallest absolute Gasteiger partial charge is 0.298 e. The van der Waals surface area contributed by atoms with E-state index in [1.807, 2.05) is 13.8 Å². The highest BCUT2D eigenvalue weighted by Gasteiger charge is 2.32. The van der Waals surface area contributed by atoms with Crippen molar-refractivity contribution in [2.24, 2.45) is 10.4 Å². The number of aliphatic imine (C=N–C) groups is 1. The number of benzene rings is 1. The number of nitro benzene ring substituents is 1. The number of carbonyl (C=O) groups is 1. The predicted molar refractivity (Wildman–Crippen MR) is 85.5 cm³/mol. The van der Waals surface area contributed by atoms with Crippen molar-refractivity contribution in [3.63, 3.8) is 0 Å². The van der Waals surface area contributed by atoms with Crippen LogP contribution < -0.4 is 4.74 Å². The lowest BCUT2D eigenvalue weighted by Crippen LogP contribution is -2.26. The van der Waals surface area contributed by atoms with E-state index in [-0.39, 0.29) is 33.9 Å². The Kier molecular flexibility index (Phi) is 4.49. The van der Waals surface area contributed by atoms with Gasteiger partial charge in [-0.1, -0.05) is 13.8 Å². The molecule has 1 aliphatic rings. The highest BCUT2D eigenvalue weighted by atomic mass is 16.6. The highest BCUT2D eigenvalue weighted by Crippen LogP contribution is 2.36. The number of aliphatic hydroxyl groups is 1. The molecule has 0 fully saturated rings. The van der Waals surface area contributed by atoms with Crippen LogP contribution in [0.25, 0.3) is 0 Å². The van der Waals surface area contributed by atoms with Gasteiger partial charge in [-0.15, -0.1) is 0 Å². The van der Waals surface area contributed by atoms with Gasteiger partial charge in [-0.25, -0.2) is 4.99 Å². The number of aliphatic hydroxyl groups excluding tert-OH is 1. The van der Waals surface area contributed by atoms with Gasteiger partial charge in [-0.3, -0.25) is 14.9 Å². The summed E-state index contributed by atoms with van der Waals surface area (Å²) < 4.78 is 4.95. The van der Waals surface area contributed by atoms with E-state index in [0.717, 1.165) is 0 Å². The number of carbonyl (C=O) groups excluding carboxylic acids is 1. The Morgan fingerprint density at radius 2 is 2.09 bits per heavy atom. The van der Waals surface area contributed by atoms with Crippen molar-refractivity contribution in [2.45, 2.75) is 26.7 Å². The van der Waals surface area contributed by atoms with E-state index in [4.69, 9.17) is 4.74 Å². The normalized spacial score (nSPS) is 17.6. The molecule has 0 aromatic heterocycles. The van der Waals surface area contributed by atoms with Crippen molar-refractivity contribution >= 4 is 23.4 Å². The van der Waals surface area contributed by atoms with Crippen LogP contribution in [0.15, 0.2) is 34.5 Å². The second-order valence-corrected chi connectivity index (χ2v) is 6.17. The summed E-state index contributed by atoms with van der Waals surface area (Å²) in [5, 5.41) is 21.1. The number of nitro groups is 1. The summed E-state index contributed by atoms with van der Waals surface area (Å²) in [6, 6.07) is 4.23. The number of nitrogens with zero attached hydrogens (tertiary/aromatic N) is 2. The first-order valence-corrected chi connectivity index (χ1v) is 7.05. The largest absolute Gasteiger partial charge is 0.511 e. The summed E-state index contributed by atoms with van der Waals surface area (Å²) in [4.78, 5) is 26.6. The zero-order valence-corrected chi connectivity index (χ0v) is 13.2. The average molecular weight is 318 g/mol. The molecule has 0 saturated carbocycles. The molecule has 0 amide bonds. The molecule has 1 aromatic rings. The first kappa shape index (κ1) is 16.7. The second kappa shape index (κ2) is 6.20. The maximum Gasteiger partial charge on any atom is 0.298 e. The van der Waals surface area contributed by atoms with Crippen LogP contribution in [0.3, 0.4) is 0 Å². The van der Waals surface area contributed by atoms with Crippen molar-refractivity contribution in [3.05, 3.63) is 39.6 Å². The van der Waals surface area contributed by atoms with Gasteiger partial charge in [0, 0.05) is 19.1 Å². The zero-order valence-electron chi connectivity index (χ0n) is 13.2. The topological polar surface area (TPSA) is 102 Å². The van der Waals surface area contributed by atoms with Crippen LogP contribution >= 0.6 is 0 Å². The Morgan fingerprint density at radius 1 is 1.39 bits per heavy atom. The molecule has 0 bridgehead atoms. The molecule has 0 atom stereocenters. The van der Waals surface area contributed by atoms with Gasteiger partial charge in [0.05, 0.1) is 23.7 Å². The third-order valence-electron chi connectivity index (χ3n) is 3.61. The van der Waals surface area contributed by atoms with Gasteiger partial charge in [0.2, 0.25) is 0 Å². The van der Waals surface area contributed by atoms with Crippen LogP contribution in [0.5, 0.6) is 5.75 Å². The fourth-order valence-electron chi connectivity index (χ4n) is 2.47. The molecule has 7 nitrogen and oxygen atoms in total. The summed E-state index contributed by atoms with van der Waals surface area (Å²) in [6.45, 7) is 3.78. The molecule has 122 valence electrons. The Bertz CT molecular complexity index is 719. The summed E-state index contributed by atoms with van der Waals surface area (Å²) in [5.41, 5.74) is -0.336. The minimum Gasteiger partial charge on any atom is -0.511 e. The van der Waals surface area contributed by atoms with Crippen LogP contribution in [-0.2, 0) is 4.79 Å². The minimum atomic E-state index is -0.574. The van der Waals surface area contributed by atoms with Gasteiger partial charge in [-0.05, 0) is 17.5 Å². The summed E-state index contributed by atoms with van der Waals surface area (Å²) in [6.07, 6.45) is 1.86. The lowest BCUT2D eigenvalue weighted by atomic mass is 9.77. The molecule has 7 heteroatoms. The Balaban J connectivity index is 2.37. The summed E-state index contributed by atoms with van der Waals surface area (Å²) >= 11 is 0. The maximum absolute atomic E-state index is 12.1. The van der Waals surface area contributed by atoms with Gasteiger partial charge < -0.3 is 9.84 Å². The van der Waals surface area contributed by atoms with E-state index in [0.29, 0.717) is 18.6 Å². The number of allylic oxidation sites excluding steroid dienone is 2. The van der Waals surface area contributed by atoms with Crippen LogP contribution in [0.4, 0.5) is 11.4 Å². The van der Waals surface area contributed by atoms with Crippen LogP contribution in [0, 0.1) is 15.5 Å². The van der Waals surface area contributed by atoms with Gasteiger partial charge in [0.25, 0.3) is 5.69 Å². The number of rotatable bonds is 4. The minimum absolute atomic E-state index is 0.0360. The molecule has 1 N–H and O–H groups in total. The summed E-state index contributed by atoms with van der Waals surface area (Å²) in [7, 11) is 1.41. The molecule has 0 spiro atoms. The molecule has 1 aromatic carbocycles. The van der Waals surface area contributed by atoms with Crippen molar-refractivity contribution in [1.29, 1.82) is 0 Å². The predicted octanol–water partition coefficient (Wildman–Crippen LogP) is 3.51. The Morgan fingerprint density at radius 3 is 2.65 bits per heavy atom. The fourth-order valence-corrected chi connectivity index (χ4v) is 2.47. The molecule has 2 rings (SSSR count). The Labute approximate surface area is 133 Å². The van der Waals surface area contributed by atoms with Crippen LogP contribution in [-0.4, -0.2) is 29.1 Å². The Hall–Kier alpha value is -2.70.